The minimum absolute atomic E-state index is 0.161. The van der Waals surface area contributed by atoms with E-state index < -0.39 is 0 Å². The van der Waals surface area contributed by atoms with Gasteiger partial charge in [0.1, 0.15) is 5.75 Å². The first-order valence-corrected chi connectivity index (χ1v) is 6.50. The monoisotopic (exact) mass is 249 g/mol. The third kappa shape index (κ3) is 2.38. The first kappa shape index (κ1) is 13.4. The van der Waals surface area contributed by atoms with E-state index in [9.17, 15) is 5.11 Å². The predicted octanol–water partition coefficient (Wildman–Crippen LogP) is 2.60. The van der Waals surface area contributed by atoms with Crippen LogP contribution in [0.5, 0.6) is 5.75 Å². The van der Waals surface area contributed by atoms with Crippen molar-refractivity contribution in [3.05, 3.63) is 29.3 Å². The fraction of sp³-hybridized carbons (Fsp3) is 0.600. The van der Waals surface area contributed by atoms with Crippen molar-refractivity contribution in [3.8, 4) is 5.75 Å². The standard InChI is InChI=1S/C15H23NO2/c1-10-5-6-12(17)11(7-10)9-16-13-8-14(18-4)15(13,2)3/h5-7,13-14,16-17H,8-9H2,1-4H3. The van der Waals surface area contributed by atoms with Crippen LogP contribution in [0, 0.1) is 12.3 Å². The van der Waals surface area contributed by atoms with Gasteiger partial charge in [0.2, 0.25) is 0 Å². The van der Waals surface area contributed by atoms with Crippen LogP contribution in [0.4, 0.5) is 0 Å². The van der Waals surface area contributed by atoms with Crippen LogP contribution in [0.25, 0.3) is 0 Å². The average Bonchev–Trinajstić information content (AvgIpc) is 2.32. The smallest absolute Gasteiger partial charge is 0.120 e. The van der Waals surface area contributed by atoms with Crippen LogP contribution in [0.1, 0.15) is 31.4 Å². The van der Waals surface area contributed by atoms with E-state index in [1.165, 1.54) is 5.56 Å². The topological polar surface area (TPSA) is 41.5 Å². The summed E-state index contributed by atoms with van der Waals surface area (Å²) in [5.41, 5.74) is 2.30. The molecule has 0 aliphatic heterocycles. The van der Waals surface area contributed by atoms with Gasteiger partial charge in [-0.3, -0.25) is 0 Å². The van der Waals surface area contributed by atoms with Crippen molar-refractivity contribution >= 4 is 0 Å². The van der Waals surface area contributed by atoms with Crippen molar-refractivity contribution in [1.82, 2.24) is 5.32 Å². The van der Waals surface area contributed by atoms with Crippen LogP contribution in [-0.4, -0.2) is 24.4 Å². The molecule has 18 heavy (non-hydrogen) atoms. The van der Waals surface area contributed by atoms with E-state index in [0.29, 0.717) is 24.4 Å². The van der Waals surface area contributed by atoms with Gasteiger partial charge in [0, 0.05) is 30.7 Å². The number of aryl methyl sites for hydroxylation is 1. The summed E-state index contributed by atoms with van der Waals surface area (Å²) in [6.07, 6.45) is 1.37. The van der Waals surface area contributed by atoms with Crippen molar-refractivity contribution in [3.63, 3.8) is 0 Å². The molecular weight excluding hydrogens is 226 g/mol. The van der Waals surface area contributed by atoms with Crippen LogP contribution >= 0.6 is 0 Å². The van der Waals surface area contributed by atoms with Crippen molar-refractivity contribution in [2.75, 3.05) is 7.11 Å². The van der Waals surface area contributed by atoms with Crippen LogP contribution in [0.3, 0.4) is 0 Å². The van der Waals surface area contributed by atoms with Crippen LogP contribution in [-0.2, 0) is 11.3 Å². The summed E-state index contributed by atoms with van der Waals surface area (Å²) in [5, 5.41) is 13.3. The summed E-state index contributed by atoms with van der Waals surface area (Å²) in [6.45, 7) is 7.19. The number of rotatable bonds is 4. The summed E-state index contributed by atoms with van der Waals surface area (Å²) in [4.78, 5) is 0. The van der Waals surface area contributed by atoms with Gasteiger partial charge in [-0.15, -0.1) is 0 Å². The molecule has 2 rings (SSSR count). The number of nitrogens with one attached hydrogen (secondary N) is 1. The number of phenols is 1. The van der Waals surface area contributed by atoms with E-state index in [4.69, 9.17) is 4.74 Å². The average molecular weight is 249 g/mol. The molecule has 1 aromatic rings. The second kappa shape index (κ2) is 4.90. The van der Waals surface area contributed by atoms with Crippen LogP contribution in [0.2, 0.25) is 0 Å². The Labute approximate surface area is 109 Å². The second-order valence-electron chi connectivity index (χ2n) is 5.85. The van der Waals surface area contributed by atoms with Gasteiger partial charge < -0.3 is 15.2 Å². The number of hydrogen-bond donors (Lipinski definition) is 2. The maximum Gasteiger partial charge on any atom is 0.120 e. The first-order chi connectivity index (χ1) is 8.45. The summed E-state index contributed by atoms with van der Waals surface area (Å²) < 4.78 is 5.44. The molecular formula is C15H23NO2. The Bertz CT molecular complexity index is 429. The molecule has 2 N–H and O–H groups in total. The zero-order valence-corrected chi connectivity index (χ0v) is 11.7. The van der Waals surface area contributed by atoms with Crippen molar-refractivity contribution in [2.24, 2.45) is 5.41 Å². The molecule has 0 aromatic heterocycles. The van der Waals surface area contributed by atoms with E-state index in [0.717, 1.165) is 12.0 Å². The molecule has 1 aliphatic carbocycles. The number of methoxy groups -OCH3 is 1. The highest BCUT2D eigenvalue weighted by Crippen LogP contribution is 2.42. The molecule has 0 spiro atoms. The zero-order chi connectivity index (χ0) is 13.3. The summed E-state index contributed by atoms with van der Waals surface area (Å²) in [5.74, 6) is 0.369. The maximum absolute atomic E-state index is 9.80. The Kier molecular flexibility index (Phi) is 3.64. The van der Waals surface area contributed by atoms with E-state index in [1.807, 2.05) is 19.1 Å². The third-order valence-corrected chi connectivity index (χ3v) is 4.24. The number of aromatic hydroxyl groups is 1. The molecule has 0 radical (unpaired) electrons. The summed E-state index contributed by atoms with van der Waals surface area (Å²) in [6, 6.07) is 6.16. The number of hydrogen-bond acceptors (Lipinski definition) is 3. The molecule has 0 amide bonds. The molecule has 0 heterocycles. The fourth-order valence-electron chi connectivity index (χ4n) is 2.72. The number of phenolic OH excluding ortho intramolecular Hbond substituents is 1. The van der Waals surface area contributed by atoms with E-state index in [-0.39, 0.29) is 5.41 Å². The molecule has 0 bridgehead atoms. The summed E-state index contributed by atoms with van der Waals surface area (Å²) in [7, 11) is 1.77. The van der Waals surface area contributed by atoms with E-state index in [1.54, 1.807) is 13.2 Å². The lowest BCUT2D eigenvalue weighted by atomic mass is 9.64. The molecule has 100 valence electrons. The molecule has 1 aliphatic rings. The van der Waals surface area contributed by atoms with Gasteiger partial charge >= 0.3 is 0 Å². The quantitative estimate of drug-likeness (QED) is 0.862. The lowest BCUT2D eigenvalue weighted by molar-refractivity contribution is -0.0979. The van der Waals surface area contributed by atoms with Gasteiger partial charge in [0.25, 0.3) is 0 Å². The molecule has 2 atom stereocenters. The van der Waals surface area contributed by atoms with E-state index in [2.05, 4.69) is 19.2 Å². The minimum Gasteiger partial charge on any atom is -0.508 e. The Hall–Kier alpha value is -1.06. The number of ether oxygens (including phenoxy) is 1. The van der Waals surface area contributed by atoms with Gasteiger partial charge in [-0.05, 0) is 19.4 Å². The highest BCUT2D eigenvalue weighted by Gasteiger charge is 2.48. The van der Waals surface area contributed by atoms with Gasteiger partial charge in [-0.2, -0.15) is 0 Å². The van der Waals surface area contributed by atoms with Gasteiger partial charge in [-0.1, -0.05) is 31.5 Å². The normalized spacial score (nSPS) is 25.8. The number of benzene rings is 1. The lowest BCUT2D eigenvalue weighted by Crippen LogP contribution is -2.60. The largest absolute Gasteiger partial charge is 0.508 e. The minimum atomic E-state index is 0.161. The van der Waals surface area contributed by atoms with Crippen LogP contribution < -0.4 is 5.32 Å². The molecule has 1 saturated carbocycles. The second-order valence-corrected chi connectivity index (χ2v) is 5.85. The van der Waals surface area contributed by atoms with Gasteiger partial charge in [-0.25, -0.2) is 0 Å². The fourth-order valence-corrected chi connectivity index (χ4v) is 2.72. The Morgan fingerprint density at radius 3 is 2.78 bits per heavy atom. The van der Waals surface area contributed by atoms with Crippen molar-refractivity contribution < 1.29 is 9.84 Å². The van der Waals surface area contributed by atoms with Crippen molar-refractivity contribution in [2.45, 2.75) is 45.9 Å². The third-order valence-electron chi connectivity index (χ3n) is 4.24. The van der Waals surface area contributed by atoms with Crippen LogP contribution in [0.15, 0.2) is 18.2 Å². The van der Waals surface area contributed by atoms with E-state index >= 15 is 0 Å². The Balaban J connectivity index is 1.95. The highest BCUT2D eigenvalue weighted by molar-refractivity contribution is 5.35. The maximum atomic E-state index is 9.80. The Morgan fingerprint density at radius 1 is 1.44 bits per heavy atom. The molecule has 1 aromatic carbocycles. The van der Waals surface area contributed by atoms with Gasteiger partial charge in [0.15, 0.2) is 0 Å². The highest BCUT2D eigenvalue weighted by atomic mass is 16.5. The lowest BCUT2D eigenvalue weighted by Gasteiger charge is -2.51. The molecule has 2 unspecified atom stereocenters. The zero-order valence-electron chi connectivity index (χ0n) is 11.7. The SMILES string of the molecule is COC1CC(NCc2cc(C)ccc2O)C1(C)C. The molecule has 1 fully saturated rings. The predicted molar refractivity (Wildman–Crippen MR) is 72.7 cm³/mol. The molecule has 3 nitrogen and oxygen atoms in total. The Morgan fingerprint density at radius 2 is 2.17 bits per heavy atom. The van der Waals surface area contributed by atoms with Gasteiger partial charge in [0.05, 0.1) is 6.10 Å². The van der Waals surface area contributed by atoms with Crippen molar-refractivity contribution in [1.29, 1.82) is 0 Å². The summed E-state index contributed by atoms with van der Waals surface area (Å²) >= 11 is 0. The molecule has 0 saturated heterocycles. The molecule has 3 heteroatoms. The first-order valence-electron chi connectivity index (χ1n) is 6.50.